The van der Waals surface area contributed by atoms with Crippen molar-refractivity contribution in [2.24, 2.45) is 5.41 Å². The van der Waals surface area contributed by atoms with Crippen LogP contribution in [0, 0.1) is 5.41 Å². The highest BCUT2D eigenvalue weighted by Crippen LogP contribution is 2.44. The number of aromatic nitrogens is 4. The molecule has 0 unspecified atom stereocenters. The first-order valence-electron chi connectivity index (χ1n) is 11.2. The lowest BCUT2D eigenvalue weighted by Gasteiger charge is -2.29. The molecule has 0 aliphatic carbocycles. The number of anilines is 1. The van der Waals surface area contributed by atoms with Crippen molar-refractivity contribution in [3.63, 3.8) is 0 Å². The fourth-order valence-electron chi connectivity index (χ4n) is 3.37. The van der Waals surface area contributed by atoms with E-state index in [9.17, 15) is 26.4 Å². The highest BCUT2D eigenvalue weighted by molar-refractivity contribution is 7.87. The average molecular weight is 540 g/mol. The zero-order valence-electron chi connectivity index (χ0n) is 21.2. The number of hydrogen-bond acceptors (Lipinski definition) is 7. The molecule has 3 rings (SSSR count). The van der Waals surface area contributed by atoms with E-state index < -0.39 is 43.4 Å². The lowest BCUT2D eigenvalue weighted by atomic mass is 9.92. The monoisotopic (exact) mass is 539 g/mol. The first-order chi connectivity index (χ1) is 16.9. The van der Waals surface area contributed by atoms with Gasteiger partial charge in [0.1, 0.15) is 4.75 Å². The molecule has 0 bridgehead atoms. The minimum absolute atomic E-state index is 0.157. The van der Waals surface area contributed by atoms with Gasteiger partial charge in [-0.05, 0) is 60.4 Å². The molecular weight excluding hydrogens is 511 g/mol. The van der Waals surface area contributed by atoms with Gasteiger partial charge in [-0.3, -0.25) is 8.98 Å². The van der Waals surface area contributed by atoms with Crippen LogP contribution in [0.3, 0.4) is 0 Å². The zero-order valence-corrected chi connectivity index (χ0v) is 22.0. The van der Waals surface area contributed by atoms with Crippen molar-refractivity contribution in [3.8, 4) is 17.1 Å². The van der Waals surface area contributed by atoms with Crippen molar-refractivity contribution >= 4 is 21.7 Å². The van der Waals surface area contributed by atoms with E-state index in [1.54, 1.807) is 45.0 Å². The number of rotatable bonds is 7. The Labute approximate surface area is 213 Å². The third kappa shape index (κ3) is 6.34. The first-order valence-corrected chi connectivity index (χ1v) is 12.6. The summed E-state index contributed by atoms with van der Waals surface area (Å²) in [4.78, 5) is 12.2. The molecule has 1 aromatic heterocycles. The van der Waals surface area contributed by atoms with Crippen LogP contribution in [0.1, 0.15) is 52.7 Å². The molecule has 3 aromatic rings. The Kier molecular flexibility index (Phi) is 7.53. The first kappa shape index (κ1) is 28.3. The second-order valence-corrected chi connectivity index (χ2v) is 12.3. The Morgan fingerprint density at radius 2 is 1.59 bits per heavy atom. The van der Waals surface area contributed by atoms with Crippen molar-refractivity contribution in [1.29, 1.82) is 0 Å². The largest absolute Gasteiger partial charge is 0.417 e. The lowest BCUT2D eigenvalue weighted by Crippen LogP contribution is -2.34. The summed E-state index contributed by atoms with van der Waals surface area (Å²) in [6.07, 6.45) is -4.83. The summed E-state index contributed by atoms with van der Waals surface area (Å²) in [6, 6.07) is 9.47. The zero-order chi connectivity index (χ0) is 27.8. The van der Waals surface area contributed by atoms with Gasteiger partial charge in [0.05, 0.1) is 17.9 Å². The number of alkyl halides is 3. The predicted octanol–water partition coefficient (Wildman–Crippen LogP) is 4.93. The van der Waals surface area contributed by atoms with Gasteiger partial charge in [0, 0.05) is 18.2 Å². The van der Waals surface area contributed by atoms with Gasteiger partial charge < -0.3 is 5.32 Å². The fourth-order valence-corrected chi connectivity index (χ4v) is 4.62. The summed E-state index contributed by atoms with van der Waals surface area (Å²) in [5.41, 5.74) is -1.44. The number of nitrogens with zero attached hydrogens (tertiary/aromatic N) is 4. The number of halogens is 3. The van der Waals surface area contributed by atoms with Crippen LogP contribution in [0.4, 0.5) is 18.9 Å². The molecule has 13 heteroatoms. The molecule has 0 atom stereocenters. The Morgan fingerprint density at radius 1 is 1.00 bits per heavy atom. The molecule has 0 aliphatic rings. The standard InChI is InChI=1S/C24H28F3N5O4S/c1-15(33)28-16-10-12-17(13-11-16)32-30-21(29-31-32)20-18(8-7-9-19(20)24(25,26)27)23(5,6)37(34,35)36-14-22(2,3)4/h7-13H,14H2,1-6H3,(H,28,33). The highest BCUT2D eigenvalue weighted by Gasteiger charge is 2.44. The molecular formula is C24H28F3N5O4S. The van der Waals surface area contributed by atoms with E-state index in [4.69, 9.17) is 4.18 Å². The second kappa shape index (κ2) is 9.86. The third-order valence-corrected chi connectivity index (χ3v) is 7.24. The van der Waals surface area contributed by atoms with Gasteiger partial charge in [-0.1, -0.05) is 32.9 Å². The quantitative estimate of drug-likeness (QED) is 0.423. The summed E-state index contributed by atoms with van der Waals surface area (Å²) in [7, 11) is -4.38. The van der Waals surface area contributed by atoms with Crippen molar-refractivity contribution in [2.75, 3.05) is 11.9 Å². The second-order valence-electron chi connectivity index (χ2n) is 10.1. The van der Waals surface area contributed by atoms with Crippen LogP contribution >= 0.6 is 0 Å². The van der Waals surface area contributed by atoms with E-state index >= 15 is 0 Å². The molecule has 1 N–H and O–H groups in total. The van der Waals surface area contributed by atoms with Crippen molar-refractivity contribution in [1.82, 2.24) is 20.2 Å². The molecule has 200 valence electrons. The van der Waals surface area contributed by atoms with Crippen LogP contribution in [0.25, 0.3) is 17.1 Å². The maximum atomic E-state index is 14.1. The van der Waals surface area contributed by atoms with Gasteiger partial charge in [0.15, 0.2) is 0 Å². The van der Waals surface area contributed by atoms with E-state index in [0.29, 0.717) is 11.4 Å². The molecule has 0 spiro atoms. The number of carbonyl (C=O) groups excluding carboxylic acids is 1. The van der Waals surface area contributed by atoms with Gasteiger partial charge >= 0.3 is 6.18 Å². The summed E-state index contributed by atoms with van der Waals surface area (Å²) in [5, 5.41) is 14.4. The van der Waals surface area contributed by atoms with Crippen LogP contribution in [-0.4, -0.2) is 41.1 Å². The Bertz CT molecular complexity index is 1390. The van der Waals surface area contributed by atoms with Crippen LogP contribution in [-0.2, 0) is 30.0 Å². The molecule has 2 aromatic carbocycles. The molecule has 1 heterocycles. The van der Waals surface area contributed by atoms with Crippen LogP contribution < -0.4 is 5.32 Å². The van der Waals surface area contributed by atoms with Gasteiger partial charge in [-0.25, -0.2) is 0 Å². The highest BCUT2D eigenvalue weighted by atomic mass is 32.2. The van der Waals surface area contributed by atoms with Crippen molar-refractivity contribution in [3.05, 3.63) is 53.6 Å². The molecule has 1 amide bonds. The normalized spacial score (nSPS) is 13.0. The Morgan fingerprint density at radius 3 is 2.14 bits per heavy atom. The van der Waals surface area contributed by atoms with E-state index in [2.05, 4.69) is 20.7 Å². The number of hydrogen-bond donors (Lipinski definition) is 1. The van der Waals surface area contributed by atoms with Crippen LogP contribution in [0.15, 0.2) is 42.5 Å². The van der Waals surface area contributed by atoms with E-state index in [0.717, 1.165) is 16.9 Å². The van der Waals surface area contributed by atoms with Gasteiger partial charge in [-0.15, -0.1) is 15.0 Å². The third-order valence-electron chi connectivity index (χ3n) is 5.35. The summed E-state index contributed by atoms with van der Waals surface area (Å²) >= 11 is 0. The van der Waals surface area contributed by atoms with Gasteiger partial charge in [0.2, 0.25) is 11.7 Å². The summed E-state index contributed by atoms with van der Waals surface area (Å²) in [5.74, 6) is -0.679. The maximum absolute atomic E-state index is 14.1. The average Bonchev–Trinajstić information content (AvgIpc) is 3.26. The minimum Gasteiger partial charge on any atom is -0.326 e. The number of tetrazole rings is 1. The fraction of sp³-hybridized carbons (Fsp3) is 0.417. The smallest absolute Gasteiger partial charge is 0.326 e. The van der Waals surface area contributed by atoms with Gasteiger partial charge in [-0.2, -0.15) is 21.6 Å². The number of nitrogens with one attached hydrogen (secondary N) is 1. The molecule has 9 nitrogen and oxygen atoms in total. The number of benzene rings is 2. The molecule has 37 heavy (non-hydrogen) atoms. The Hall–Kier alpha value is -3.32. The maximum Gasteiger partial charge on any atom is 0.417 e. The lowest BCUT2D eigenvalue weighted by molar-refractivity contribution is -0.137. The van der Waals surface area contributed by atoms with Crippen molar-refractivity contribution in [2.45, 2.75) is 52.5 Å². The van der Waals surface area contributed by atoms with E-state index in [1.165, 1.54) is 26.8 Å². The number of carbonyl (C=O) groups is 1. The predicted molar refractivity (Wildman–Crippen MR) is 131 cm³/mol. The van der Waals surface area contributed by atoms with Gasteiger partial charge in [0.25, 0.3) is 10.1 Å². The molecule has 0 aliphatic heterocycles. The minimum atomic E-state index is -4.83. The summed E-state index contributed by atoms with van der Waals surface area (Å²) < 4.78 is 72.0. The van der Waals surface area contributed by atoms with Crippen LogP contribution in [0.5, 0.6) is 0 Å². The number of amides is 1. The van der Waals surface area contributed by atoms with Crippen LogP contribution in [0.2, 0.25) is 0 Å². The van der Waals surface area contributed by atoms with E-state index in [-0.39, 0.29) is 18.1 Å². The molecule has 0 radical (unpaired) electrons. The molecule has 0 saturated carbocycles. The molecule has 0 saturated heterocycles. The summed E-state index contributed by atoms with van der Waals surface area (Å²) in [6.45, 7) is 9.06. The van der Waals surface area contributed by atoms with E-state index in [1.807, 2.05) is 0 Å². The SMILES string of the molecule is CC(=O)Nc1ccc(-n2nnc(-c3c(C(F)(F)F)cccc3C(C)(C)S(=O)(=O)OCC(C)(C)C)n2)cc1. The molecule has 0 fully saturated rings. The Balaban J connectivity index is 2.13. The van der Waals surface area contributed by atoms with Crippen molar-refractivity contribution < 1.29 is 30.6 Å². The topological polar surface area (TPSA) is 116 Å².